The highest BCUT2D eigenvalue weighted by molar-refractivity contribution is 6.33. The van der Waals surface area contributed by atoms with Crippen molar-refractivity contribution < 1.29 is 4.79 Å². The third kappa shape index (κ3) is 3.71. The lowest BCUT2D eigenvalue weighted by atomic mass is 10.3. The average Bonchev–Trinajstić information content (AvgIpc) is 2.56. The molecular formula is C16H18ClN5O. The molecule has 1 fully saturated rings. The highest BCUT2D eigenvalue weighted by atomic mass is 35.5. The highest BCUT2D eigenvalue weighted by Gasteiger charge is 2.18. The van der Waals surface area contributed by atoms with Crippen LogP contribution in [0.5, 0.6) is 0 Å². The van der Waals surface area contributed by atoms with E-state index in [-0.39, 0.29) is 0 Å². The standard InChI is InChI=1S/C16H18ClN5O/c1-12-18-15(20-14-5-3-2-4-13(14)17)10-16(19-12)22-8-6-21(11-23)7-9-22/h2-5,10-11H,6-9H2,1H3,(H,18,19,20). The molecule has 3 rings (SSSR count). The molecule has 0 spiro atoms. The number of amides is 1. The summed E-state index contributed by atoms with van der Waals surface area (Å²) in [6.07, 6.45) is 0.896. The Morgan fingerprint density at radius 3 is 2.61 bits per heavy atom. The van der Waals surface area contributed by atoms with Gasteiger partial charge in [-0.15, -0.1) is 0 Å². The Hall–Kier alpha value is -2.34. The lowest BCUT2D eigenvalue weighted by molar-refractivity contribution is -0.118. The van der Waals surface area contributed by atoms with Crippen LogP contribution in [-0.4, -0.2) is 47.5 Å². The molecule has 1 N–H and O–H groups in total. The van der Waals surface area contributed by atoms with Gasteiger partial charge in [0.2, 0.25) is 6.41 Å². The van der Waals surface area contributed by atoms with Crippen LogP contribution < -0.4 is 10.2 Å². The number of halogens is 1. The average molecular weight is 332 g/mol. The minimum absolute atomic E-state index is 0.643. The Balaban J connectivity index is 1.80. The van der Waals surface area contributed by atoms with Gasteiger partial charge < -0.3 is 15.1 Å². The minimum atomic E-state index is 0.643. The van der Waals surface area contributed by atoms with Gasteiger partial charge in [-0.25, -0.2) is 9.97 Å². The molecule has 0 atom stereocenters. The van der Waals surface area contributed by atoms with E-state index in [1.54, 1.807) is 4.90 Å². The molecule has 1 aliphatic rings. The molecule has 7 heteroatoms. The van der Waals surface area contributed by atoms with Crippen LogP contribution in [0.1, 0.15) is 5.82 Å². The zero-order valence-corrected chi connectivity index (χ0v) is 13.6. The number of carbonyl (C=O) groups excluding carboxylic acids is 1. The molecule has 23 heavy (non-hydrogen) atoms. The maximum Gasteiger partial charge on any atom is 0.209 e. The molecule has 1 aromatic heterocycles. The van der Waals surface area contributed by atoms with E-state index in [1.165, 1.54) is 0 Å². The molecular weight excluding hydrogens is 314 g/mol. The van der Waals surface area contributed by atoms with Crippen LogP contribution in [0.3, 0.4) is 0 Å². The van der Waals surface area contributed by atoms with Gasteiger partial charge in [0.1, 0.15) is 17.5 Å². The number of rotatable bonds is 4. The number of anilines is 3. The first kappa shape index (κ1) is 15.6. The Labute approximate surface area is 140 Å². The summed E-state index contributed by atoms with van der Waals surface area (Å²) in [4.78, 5) is 23.7. The van der Waals surface area contributed by atoms with Crippen LogP contribution in [0.15, 0.2) is 30.3 Å². The van der Waals surface area contributed by atoms with E-state index >= 15 is 0 Å². The van der Waals surface area contributed by atoms with Gasteiger partial charge in [0.15, 0.2) is 0 Å². The van der Waals surface area contributed by atoms with Gasteiger partial charge in [-0.3, -0.25) is 4.79 Å². The zero-order chi connectivity index (χ0) is 16.2. The largest absolute Gasteiger partial charge is 0.353 e. The van der Waals surface area contributed by atoms with Crippen molar-refractivity contribution in [2.45, 2.75) is 6.92 Å². The summed E-state index contributed by atoms with van der Waals surface area (Å²) in [5.41, 5.74) is 0.809. The summed E-state index contributed by atoms with van der Waals surface area (Å²) in [5, 5.41) is 3.88. The number of para-hydroxylation sites is 1. The van der Waals surface area contributed by atoms with Gasteiger partial charge >= 0.3 is 0 Å². The van der Waals surface area contributed by atoms with Crippen LogP contribution in [-0.2, 0) is 4.79 Å². The predicted octanol–water partition coefficient (Wildman–Crippen LogP) is 2.46. The number of carbonyl (C=O) groups is 1. The van der Waals surface area contributed by atoms with E-state index < -0.39 is 0 Å². The van der Waals surface area contributed by atoms with Crippen LogP contribution in [0, 0.1) is 6.92 Å². The molecule has 2 aromatic rings. The number of hydrogen-bond donors (Lipinski definition) is 1. The monoisotopic (exact) mass is 331 g/mol. The Kier molecular flexibility index (Phi) is 4.62. The zero-order valence-electron chi connectivity index (χ0n) is 12.9. The molecule has 1 amide bonds. The fraction of sp³-hybridized carbons (Fsp3) is 0.312. The minimum Gasteiger partial charge on any atom is -0.353 e. The smallest absolute Gasteiger partial charge is 0.209 e. The van der Waals surface area contributed by atoms with Gasteiger partial charge in [-0.05, 0) is 19.1 Å². The summed E-state index contributed by atoms with van der Waals surface area (Å²) in [5.74, 6) is 2.26. The van der Waals surface area contributed by atoms with Crippen molar-refractivity contribution in [2.75, 3.05) is 36.4 Å². The van der Waals surface area contributed by atoms with E-state index in [1.807, 2.05) is 37.3 Å². The van der Waals surface area contributed by atoms with Gasteiger partial charge in [0, 0.05) is 32.2 Å². The second kappa shape index (κ2) is 6.83. The van der Waals surface area contributed by atoms with Crippen molar-refractivity contribution in [3.63, 3.8) is 0 Å². The maximum atomic E-state index is 10.8. The number of aromatic nitrogens is 2. The summed E-state index contributed by atoms with van der Waals surface area (Å²) < 4.78 is 0. The van der Waals surface area contributed by atoms with Gasteiger partial charge in [0.25, 0.3) is 0 Å². The van der Waals surface area contributed by atoms with E-state index in [0.717, 1.165) is 31.0 Å². The molecule has 0 radical (unpaired) electrons. The molecule has 0 aliphatic carbocycles. The molecule has 0 saturated carbocycles. The van der Waals surface area contributed by atoms with E-state index in [9.17, 15) is 4.79 Å². The van der Waals surface area contributed by atoms with Crippen LogP contribution in [0.25, 0.3) is 0 Å². The van der Waals surface area contributed by atoms with E-state index in [2.05, 4.69) is 20.2 Å². The molecule has 0 unspecified atom stereocenters. The summed E-state index contributed by atoms with van der Waals surface area (Å²) >= 11 is 6.18. The SMILES string of the molecule is Cc1nc(Nc2ccccc2Cl)cc(N2CCN(C=O)CC2)n1. The molecule has 6 nitrogen and oxygen atoms in total. The van der Waals surface area contributed by atoms with Crippen molar-refractivity contribution in [1.82, 2.24) is 14.9 Å². The number of nitrogens with one attached hydrogen (secondary N) is 1. The number of aryl methyl sites for hydroxylation is 1. The topological polar surface area (TPSA) is 61.4 Å². The molecule has 1 saturated heterocycles. The third-order valence-electron chi connectivity index (χ3n) is 3.75. The Bertz CT molecular complexity index is 701. The lowest BCUT2D eigenvalue weighted by Gasteiger charge is -2.33. The maximum absolute atomic E-state index is 10.8. The number of hydrogen-bond acceptors (Lipinski definition) is 5. The third-order valence-corrected chi connectivity index (χ3v) is 4.08. The Morgan fingerprint density at radius 1 is 1.17 bits per heavy atom. The van der Waals surface area contributed by atoms with Gasteiger partial charge in [0.05, 0.1) is 10.7 Å². The number of piperazine rings is 1. The van der Waals surface area contributed by atoms with Gasteiger partial charge in [-0.2, -0.15) is 0 Å². The van der Waals surface area contributed by atoms with Crippen LogP contribution >= 0.6 is 11.6 Å². The predicted molar refractivity (Wildman–Crippen MR) is 91.4 cm³/mol. The van der Waals surface area contributed by atoms with E-state index in [0.29, 0.717) is 29.8 Å². The summed E-state index contributed by atoms with van der Waals surface area (Å²) in [6.45, 7) is 4.81. The van der Waals surface area contributed by atoms with E-state index in [4.69, 9.17) is 11.6 Å². The number of benzene rings is 1. The summed E-state index contributed by atoms with van der Waals surface area (Å²) in [7, 11) is 0. The fourth-order valence-electron chi connectivity index (χ4n) is 2.53. The van der Waals surface area contributed by atoms with Gasteiger partial charge in [-0.1, -0.05) is 23.7 Å². The first-order valence-electron chi connectivity index (χ1n) is 7.47. The second-order valence-corrected chi connectivity index (χ2v) is 5.80. The van der Waals surface area contributed by atoms with Crippen molar-refractivity contribution in [1.29, 1.82) is 0 Å². The van der Waals surface area contributed by atoms with Crippen molar-refractivity contribution in [3.8, 4) is 0 Å². The van der Waals surface area contributed by atoms with Crippen molar-refractivity contribution in [3.05, 3.63) is 41.2 Å². The highest BCUT2D eigenvalue weighted by Crippen LogP contribution is 2.25. The first-order valence-corrected chi connectivity index (χ1v) is 7.85. The molecule has 1 aliphatic heterocycles. The molecule has 120 valence electrons. The van der Waals surface area contributed by atoms with Crippen molar-refractivity contribution in [2.24, 2.45) is 0 Å². The second-order valence-electron chi connectivity index (χ2n) is 5.39. The van der Waals surface area contributed by atoms with Crippen LogP contribution in [0.2, 0.25) is 5.02 Å². The quantitative estimate of drug-likeness (QED) is 0.872. The lowest BCUT2D eigenvalue weighted by Crippen LogP contribution is -2.46. The molecule has 1 aromatic carbocycles. The molecule has 2 heterocycles. The first-order chi connectivity index (χ1) is 11.2. The molecule has 0 bridgehead atoms. The van der Waals surface area contributed by atoms with Crippen molar-refractivity contribution >= 4 is 35.3 Å². The summed E-state index contributed by atoms with van der Waals surface area (Å²) in [6, 6.07) is 9.45. The van der Waals surface area contributed by atoms with Crippen LogP contribution in [0.4, 0.5) is 17.3 Å². The Morgan fingerprint density at radius 2 is 1.91 bits per heavy atom. The number of nitrogens with zero attached hydrogens (tertiary/aromatic N) is 4. The normalized spacial score (nSPS) is 14.7. The fourth-order valence-corrected chi connectivity index (χ4v) is 2.72.